The van der Waals surface area contributed by atoms with Crippen molar-refractivity contribution >= 4 is 11.9 Å². The van der Waals surface area contributed by atoms with E-state index in [0.29, 0.717) is 31.4 Å². The van der Waals surface area contributed by atoms with Gasteiger partial charge in [-0.1, -0.05) is 6.92 Å². The van der Waals surface area contributed by atoms with Crippen molar-refractivity contribution in [2.24, 2.45) is 5.41 Å². The average Bonchev–Trinajstić information content (AvgIpc) is 3.05. The maximum absolute atomic E-state index is 12.1. The van der Waals surface area contributed by atoms with Crippen LogP contribution < -0.4 is 4.90 Å². The number of hydrogen-bond acceptors (Lipinski definition) is 6. The zero-order valence-electron chi connectivity index (χ0n) is 14.1. The SMILES string of the molecule is CCc1nc(N2CCC[C@]3(CCC(=O)N(CCOC)C3)C2)no1. The maximum atomic E-state index is 12.1. The maximum Gasteiger partial charge on any atom is 0.266 e. The van der Waals surface area contributed by atoms with Crippen LogP contribution >= 0.6 is 0 Å². The first-order valence-corrected chi connectivity index (χ1v) is 8.50. The molecule has 2 aliphatic heterocycles. The fourth-order valence-electron chi connectivity index (χ4n) is 3.74. The summed E-state index contributed by atoms with van der Waals surface area (Å²) < 4.78 is 10.4. The first kappa shape index (κ1) is 16.2. The molecule has 0 N–H and O–H groups in total. The zero-order valence-corrected chi connectivity index (χ0v) is 14.1. The molecular formula is C16H26N4O3. The number of aryl methyl sites for hydroxylation is 1. The summed E-state index contributed by atoms with van der Waals surface area (Å²) in [5, 5.41) is 4.11. The summed E-state index contributed by atoms with van der Waals surface area (Å²) in [6.07, 6.45) is 4.58. The monoisotopic (exact) mass is 322 g/mol. The van der Waals surface area contributed by atoms with Gasteiger partial charge in [0.15, 0.2) is 0 Å². The van der Waals surface area contributed by atoms with Crippen LogP contribution in [0.25, 0.3) is 0 Å². The van der Waals surface area contributed by atoms with Gasteiger partial charge in [0.1, 0.15) is 0 Å². The lowest BCUT2D eigenvalue weighted by molar-refractivity contribution is -0.138. The number of piperidine rings is 2. The lowest BCUT2D eigenvalue weighted by atomic mass is 9.73. The highest BCUT2D eigenvalue weighted by Gasteiger charge is 2.42. The van der Waals surface area contributed by atoms with Crippen molar-refractivity contribution in [2.75, 3.05) is 44.8 Å². The summed E-state index contributed by atoms with van der Waals surface area (Å²) in [5.41, 5.74) is 0.146. The first-order chi connectivity index (χ1) is 11.2. The van der Waals surface area contributed by atoms with Crippen LogP contribution in [0.4, 0.5) is 5.95 Å². The van der Waals surface area contributed by atoms with Gasteiger partial charge in [0, 0.05) is 51.5 Å². The van der Waals surface area contributed by atoms with E-state index in [1.54, 1.807) is 7.11 Å². The van der Waals surface area contributed by atoms with Crippen molar-refractivity contribution < 1.29 is 14.1 Å². The van der Waals surface area contributed by atoms with Crippen LogP contribution in [-0.4, -0.2) is 60.8 Å². The minimum absolute atomic E-state index is 0.146. The van der Waals surface area contributed by atoms with Gasteiger partial charge in [0.2, 0.25) is 11.8 Å². The van der Waals surface area contributed by atoms with E-state index in [0.717, 1.165) is 45.3 Å². The van der Waals surface area contributed by atoms with E-state index in [4.69, 9.17) is 9.26 Å². The van der Waals surface area contributed by atoms with Crippen LogP contribution in [0.1, 0.15) is 38.5 Å². The number of carbonyl (C=O) groups excluding carboxylic acids is 1. The van der Waals surface area contributed by atoms with Crippen LogP contribution in [0.15, 0.2) is 4.52 Å². The molecule has 0 bridgehead atoms. The second-order valence-corrected chi connectivity index (χ2v) is 6.67. The van der Waals surface area contributed by atoms with Crippen molar-refractivity contribution in [3.8, 4) is 0 Å². The number of methoxy groups -OCH3 is 1. The highest BCUT2D eigenvalue weighted by molar-refractivity contribution is 5.77. The van der Waals surface area contributed by atoms with E-state index < -0.39 is 0 Å². The van der Waals surface area contributed by atoms with Crippen LogP contribution in [0.2, 0.25) is 0 Å². The van der Waals surface area contributed by atoms with Crippen molar-refractivity contribution in [3.05, 3.63) is 5.89 Å². The van der Waals surface area contributed by atoms with E-state index in [1.165, 1.54) is 0 Å². The average molecular weight is 322 g/mol. The number of carbonyl (C=O) groups is 1. The Morgan fingerprint density at radius 1 is 1.35 bits per heavy atom. The van der Waals surface area contributed by atoms with E-state index in [9.17, 15) is 4.79 Å². The fraction of sp³-hybridized carbons (Fsp3) is 0.812. The number of hydrogen-bond donors (Lipinski definition) is 0. The quantitative estimate of drug-likeness (QED) is 0.818. The minimum Gasteiger partial charge on any atom is -0.383 e. The van der Waals surface area contributed by atoms with E-state index in [-0.39, 0.29) is 11.3 Å². The highest BCUT2D eigenvalue weighted by Crippen LogP contribution is 2.39. The largest absolute Gasteiger partial charge is 0.383 e. The Kier molecular flexibility index (Phi) is 4.84. The molecule has 0 aliphatic carbocycles. The summed E-state index contributed by atoms with van der Waals surface area (Å²) in [7, 11) is 1.67. The van der Waals surface area contributed by atoms with Crippen molar-refractivity contribution in [1.82, 2.24) is 15.0 Å². The molecule has 2 fully saturated rings. The summed E-state index contributed by atoms with van der Waals surface area (Å²) >= 11 is 0. The third kappa shape index (κ3) is 3.49. The van der Waals surface area contributed by atoms with Crippen LogP contribution in [-0.2, 0) is 16.0 Å². The number of anilines is 1. The Hall–Kier alpha value is -1.63. The van der Waals surface area contributed by atoms with Gasteiger partial charge in [0.05, 0.1) is 6.61 Å². The molecule has 23 heavy (non-hydrogen) atoms. The molecule has 0 saturated carbocycles. The summed E-state index contributed by atoms with van der Waals surface area (Å²) in [6.45, 7) is 5.94. The first-order valence-electron chi connectivity index (χ1n) is 8.50. The molecule has 1 amide bonds. The van der Waals surface area contributed by atoms with Gasteiger partial charge in [-0.2, -0.15) is 4.98 Å². The second-order valence-electron chi connectivity index (χ2n) is 6.67. The second kappa shape index (κ2) is 6.86. The third-order valence-corrected chi connectivity index (χ3v) is 5.02. The Balaban J connectivity index is 1.69. The molecule has 2 aliphatic rings. The van der Waals surface area contributed by atoms with E-state index in [1.807, 2.05) is 11.8 Å². The summed E-state index contributed by atoms with van der Waals surface area (Å²) in [4.78, 5) is 20.8. The lowest BCUT2D eigenvalue weighted by Gasteiger charge is -2.47. The van der Waals surface area contributed by atoms with Gasteiger partial charge in [-0.05, 0) is 24.4 Å². The topological polar surface area (TPSA) is 71.7 Å². The molecule has 3 rings (SSSR count). The molecule has 0 aromatic carbocycles. The highest BCUT2D eigenvalue weighted by atomic mass is 16.5. The van der Waals surface area contributed by atoms with Crippen LogP contribution in [0.5, 0.6) is 0 Å². The smallest absolute Gasteiger partial charge is 0.266 e. The van der Waals surface area contributed by atoms with Crippen LogP contribution in [0, 0.1) is 5.41 Å². The Labute approximate surface area is 137 Å². The molecule has 1 spiro atoms. The Bertz CT molecular complexity index is 547. The molecule has 0 unspecified atom stereocenters. The fourth-order valence-corrected chi connectivity index (χ4v) is 3.74. The molecule has 1 aromatic heterocycles. The number of amides is 1. The van der Waals surface area contributed by atoms with Crippen molar-refractivity contribution in [3.63, 3.8) is 0 Å². The van der Waals surface area contributed by atoms with Crippen molar-refractivity contribution in [2.45, 2.75) is 39.0 Å². The number of ether oxygens (including phenoxy) is 1. The molecule has 1 aromatic rings. The third-order valence-electron chi connectivity index (χ3n) is 5.02. The normalized spacial score (nSPS) is 25.4. The predicted octanol–water partition coefficient (Wildman–Crippen LogP) is 1.49. The van der Waals surface area contributed by atoms with Gasteiger partial charge in [-0.25, -0.2) is 0 Å². The van der Waals surface area contributed by atoms with Gasteiger partial charge < -0.3 is 19.1 Å². The Morgan fingerprint density at radius 2 is 2.22 bits per heavy atom. The van der Waals surface area contributed by atoms with Gasteiger partial charge in [0.25, 0.3) is 5.95 Å². The van der Waals surface area contributed by atoms with Crippen LogP contribution in [0.3, 0.4) is 0 Å². The zero-order chi connectivity index (χ0) is 16.3. The standard InChI is InChI=1S/C16H26N4O3/c1-3-13-17-15(18-23-13)20-8-4-6-16(12-20)7-5-14(21)19(11-16)9-10-22-2/h3-12H2,1-2H3/t16-/m1/s1. The van der Waals surface area contributed by atoms with Gasteiger partial charge in [-0.3, -0.25) is 4.79 Å². The molecule has 7 heteroatoms. The summed E-state index contributed by atoms with van der Waals surface area (Å²) in [6, 6.07) is 0. The van der Waals surface area contributed by atoms with Gasteiger partial charge >= 0.3 is 0 Å². The minimum atomic E-state index is 0.146. The molecule has 7 nitrogen and oxygen atoms in total. The molecule has 0 radical (unpaired) electrons. The molecule has 3 heterocycles. The Morgan fingerprint density at radius 3 is 2.96 bits per heavy atom. The van der Waals surface area contributed by atoms with E-state index in [2.05, 4.69) is 15.0 Å². The van der Waals surface area contributed by atoms with Gasteiger partial charge in [-0.15, -0.1) is 0 Å². The summed E-state index contributed by atoms with van der Waals surface area (Å²) in [5.74, 6) is 1.62. The number of aromatic nitrogens is 2. The van der Waals surface area contributed by atoms with Crippen molar-refractivity contribution in [1.29, 1.82) is 0 Å². The number of nitrogens with zero attached hydrogens (tertiary/aromatic N) is 4. The molecule has 128 valence electrons. The predicted molar refractivity (Wildman–Crippen MR) is 85.2 cm³/mol. The molecule has 2 saturated heterocycles. The number of likely N-dealkylation sites (tertiary alicyclic amines) is 1. The lowest BCUT2D eigenvalue weighted by Crippen LogP contribution is -2.54. The molecule has 1 atom stereocenters. The number of rotatable bonds is 5. The van der Waals surface area contributed by atoms with E-state index >= 15 is 0 Å². The molecular weight excluding hydrogens is 296 g/mol.